The second-order valence-corrected chi connectivity index (χ2v) is 7.31. The third kappa shape index (κ3) is 5.72. The smallest absolute Gasteiger partial charge is 0.416 e. The number of anilines is 2. The van der Waals surface area contributed by atoms with Crippen LogP contribution in [0, 0.1) is 6.92 Å². The summed E-state index contributed by atoms with van der Waals surface area (Å²) in [5, 5.41) is 5.20. The summed E-state index contributed by atoms with van der Waals surface area (Å²) < 4.78 is 48.1. The first kappa shape index (κ1) is 22.1. The summed E-state index contributed by atoms with van der Waals surface area (Å²) in [5.74, 6) is -2.00. The molecule has 2 heterocycles. The van der Waals surface area contributed by atoms with Crippen molar-refractivity contribution < 1.29 is 36.7 Å². The van der Waals surface area contributed by atoms with Gasteiger partial charge < -0.3 is 19.8 Å². The number of amides is 2. The minimum Gasteiger partial charge on any atom is -0.459 e. The van der Waals surface area contributed by atoms with E-state index in [1.165, 1.54) is 18.4 Å². The normalized spacial score (nSPS) is 11.1. The third-order valence-electron chi connectivity index (χ3n) is 3.89. The number of nitrogens with one attached hydrogen (secondary N) is 2. The minimum absolute atomic E-state index is 0.0777. The van der Waals surface area contributed by atoms with E-state index in [0.717, 1.165) is 29.5 Å². The van der Waals surface area contributed by atoms with Crippen LogP contribution in [0.3, 0.4) is 0 Å². The first-order valence-electron chi connectivity index (χ1n) is 8.73. The summed E-state index contributed by atoms with van der Waals surface area (Å²) in [4.78, 5) is 36.4. The molecule has 0 aliphatic rings. The van der Waals surface area contributed by atoms with E-state index in [1.807, 2.05) is 0 Å². The Balaban J connectivity index is 1.56. The van der Waals surface area contributed by atoms with Gasteiger partial charge >= 0.3 is 12.1 Å². The van der Waals surface area contributed by atoms with Crippen LogP contribution in [0.4, 0.5) is 23.9 Å². The Bertz CT molecular complexity index is 1110. The van der Waals surface area contributed by atoms with Crippen LogP contribution < -0.4 is 10.6 Å². The van der Waals surface area contributed by atoms with E-state index >= 15 is 0 Å². The fourth-order valence-corrected chi connectivity index (χ4v) is 3.46. The molecule has 1 aromatic carbocycles. The van der Waals surface area contributed by atoms with Crippen molar-refractivity contribution in [1.29, 1.82) is 0 Å². The second-order valence-electron chi connectivity index (χ2n) is 6.26. The maximum atomic E-state index is 12.7. The van der Waals surface area contributed by atoms with Crippen molar-refractivity contribution in [2.75, 3.05) is 17.2 Å². The number of ether oxygens (including phenoxy) is 1. The lowest BCUT2D eigenvalue weighted by Crippen LogP contribution is -2.21. The van der Waals surface area contributed by atoms with E-state index in [4.69, 9.17) is 9.15 Å². The van der Waals surface area contributed by atoms with Crippen molar-refractivity contribution in [1.82, 2.24) is 0 Å². The molecule has 162 valence electrons. The second kappa shape index (κ2) is 9.04. The Kier molecular flexibility index (Phi) is 6.44. The van der Waals surface area contributed by atoms with Gasteiger partial charge in [-0.05, 0) is 48.9 Å². The Morgan fingerprint density at radius 3 is 2.55 bits per heavy atom. The molecule has 0 radical (unpaired) electrons. The number of carbonyl (C=O) groups is 3. The molecule has 0 atom stereocenters. The Labute approximate surface area is 177 Å². The molecule has 0 bridgehead atoms. The van der Waals surface area contributed by atoms with Crippen molar-refractivity contribution in [3.8, 4) is 0 Å². The van der Waals surface area contributed by atoms with Crippen LogP contribution >= 0.6 is 11.3 Å². The number of hydrogen-bond acceptors (Lipinski definition) is 6. The molecule has 0 aliphatic carbocycles. The van der Waals surface area contributed by atoms with Gasteiger partial charge in [0.25, 0.3) is 11.8 Å². The van der Waals surface area contributed by atoms with Gasteiger partial charge in [-0.15, -0.1) is 11.3 Å². The van der Waals surface area contributed by atoms with E-state index in [0.29, 0.717) is 10.6 Å². The molecule has 0 saturated carbocycles. The van der Waals surface area contributed by atoms with Gasteiger partial charge in [0.15, 0.2) is 12.4 Å². The number of thiophene rings is 1. The lowest BCUT2D eigenvalue weighted by molar-refractivity contribution is -0.137. The molecule has 0 spiro atoms. The van der Waals surface area contributed by atoms with Crippen molar-refractivity contribution in [3.63, 3.8) is 0 Å². The summed E-state index contributed by atoms with van der Waals surface area (Å²) in [7, 11) is 0. The van der Waals surface area contributed by atoms with Gasteiger partial charge in [0.2, 0.25) is 0 Å². The zero-order valence-corrected chi connectivity index (χ0v) is 16.7. The lowest BCUT2D eigenvalue weighted by atomic mass is 10.2. The zero-order chi connectivity index (χ0) is 22.6. The maximum absolute atomic E-state index is 12.7. The molecule has 11 heteroatoms. The molecule has 2 aromatic heterocycles. The fraction of sp³-hybridized carbons (Fsp3) is 0.150. The number of aryl methyl sites for hydroxylation is 1. The average Bonchev–Trinajstić information content (AvgIpc) is 3.36. The van der Waals surface area contributed by atoms with Gasteiger partial charge in [-0.3, -0.25) is 9.59 Å². The number of esters is 1. The van der Waals surface area contributed by atoms with Crippen molar-refractivity contribution >= 4 is 39.8 Å². The quantitative estimate of drug-likeness (QED) is 0.528. The molecule has 0 aliphatic heterocycles. The highest BCUT2D eigenvalue weighted by molar-refractivity contribution is 7.18. The average molecular weight is 452 g/mol. The predicted molar refractivity (Wildman–Crippen MR) is 106 cm³/mol. The van der Waals surface area contributed by atoms with Crippen LogP contribution in [0.5, 0.6) is 0 Å². The van der Waals surface area contributed by atoms with E-state index in [2.05, 4.69) is 10.6 Å². The summed E-state index contributed by atoms with van der Waals surface area (Å²) in [6.07, 6.45) is -3.20. The molecule has 7 nitrogen and oxygen atoms in total. The number of furan rings is 1. The highest BCUT2D eigenvalue weighted by Crippen LogP contribution is 2.31. The Morgan fingerprint density at radius 2 is 1.87 bits per heavy atom. The van der Waals surface area contributed by atoms with E-state index in [9.17, 15) is 27.6 Å². The van der Waals surface area contributed by atoms with Crippen LogP contribution in [-0.2, 0) is 15.7 Å². The molecule has 3 rings (SSSR count). The molecule has 2 amide bonds. The molecule has 0 saturated heterocycles. The number of alkyl halides is 3. The molecular weight excluding hydrogens is 437 g/mol. The maximum Gasteiger partial charge on any atom is 0.416 e. The summed E-state index contributed by atoms with van der Waals surface area (Å²) in [6, 6.07) is 8.68. The van der Waals surface area contributed by atoms with Crippen molar-refractivity contribution in [3.05, 3.63) is 70.5 Å². The molecule has 3 aromatic rings. The number of benzene rings is 1. The van der Waals surface area contributed by atoms with Crippen molar-refractivity contribution in [2.24, 2.45) is 0 Å². The fourth-order valence-electron chi connectivity index (χ4n) is 2.49. The lowest BCUT2D eigenvalue weighted by Gasteiger charge is -2.10. The van der Waals surface area contributed by atoms with Crippen LogP contribution in [0.25, 0.3) is 0 Å². The van der Waals surface area contributed by atoms with Crippen LogP contribution in [0.2, 0.25) is 0 Å². The van der Waals surface area contributed by atoms with Gasteiger partial charge in [-0.2, -0.15) is 13.2 Å². The van der Waals surface area contributed by atoms with Crippen molar-refractivity contribution in [2.45, 2.75) is 13.1 Å². The number of halogens is 3. The number of carbonyl (C=O) groups excluding carboxylic acids is 3. The Hall–Kier alpha value is -3.60. The summed E-state index contributed by atoms with van der Waals surface area (Å²) in [6.45, 7) is 0.929. The number of rotatable bonds is 6. The minimum atomic E-state index is -4.55. The van der Waals surface area contributed by atoms with E-state index in [-0.39, 0.29) is 16.3 Å². The SMILES string of the molecule is Cc1cc(NC(=O)c2ccco2)sc1C(=O)OCC(=O)Nc1cccc(C(F)(F)F)c1. The Morgan fingerprint density at radius 1 is 1.10 bits per heavy atom. The van der Waals surface area contributed by atoms with Gasteiger partial charge in [0.05, 0.1) is 16.8 Å². The van der Waals surface area contributed by atoms with Gasteiger partial charge in [-0.1, -0.05) is 6.07 Å². The first-order valence-corrected chi connectivity index (χ1v) is 9.54. The van der Waals surface area contributed by atoms with Gasteiger partial charge in [-0.25, -0.2) is 4.79 Å². The van der Waals surface area contributed by atoms with E-state index < -0.39 is 36.1 Å². The molecule has 0 unspecified atom stereocenters. The van der Waals surface area contributed by atoms with Crippen LogP contribution in [0.15, 0.2) is 53.1 Å². The summed E-state index contributed by atoms with van der Waals surface area (Å²) in [5.41, 5.74) is -0.477. The van der Waals surface area contributed by atoms with Crippen LogP contribution in [-0.4, -0.2) is 24.4 Å². The molecule has 31 heavy (non-hydrogen) atoms. The standard InChI is InChI=1S/C20H15F3N2O5S/c1-11-8-16(25-18(27)14-6-3-7-29-14)31-17(11)19(28)30-10-15(26)24-13-5-2-4-12(9-13)20(21,22)23/h2-9H,10H2,1H3,(H,24,26)(H,25,27). The first-order chi connectivity index (χ1) is 14.6. The van der Waals surface area contributed by atoms with Gasteiger partial charge in [0, 0.05) is 5.69 Å². The largest absolute Gasteiger partial charge is 0.459 e. The summed E-state index contributed by atoms with van der Waals surface area (Å²) >= 11 is 0.949. The molecule has 0 fully saturated rings. The number of hydrogen-bond donors (Lipinski definition) is 2. The van der Waals surface area contributed by atoms with Gasteiger partial charge in [0.1, 0.15) is 4.88 Å². The topological polar surface area (TPSA) is 97.6 Å². The van der Waals surface area contributed by atoms with Crippen LogP contribution in [0.1, 0.15) is 31.4 Å². The third-order valence-corrected chi connectivity index (χ3v) is 5.03. The van der Waals surface area contributed by atoms with E-state index in [1.54, 1.807) is 19.1 Å². The zero-order valence-electron chi connectivity index (χ0n) is 15.9. The molecular formula is C20H15F3N2O5S. The highest BCUT2D eigenvalue weighted by atomic mass is 32.1. The predicted octanol–water partition coefficient (Wildman–Crippen LogP) is 4.72. The monoisotopic (exact) mass is 452 g/mol. The highest BCUT2D eigenvalue weighted by Gasteiger charge is 2.30. The molecule has 2 N–H and O–H groups in total.